The fourth-order valence-electron chi connectivity index (χ4n) is 1.92. The second kappa shape index (κ2) is 6.21. The van der Waals surface area contributed by atoms with Gasteiger partial charge in [-0.15, -0.1) is 0 Å². The highest BCUT2D eigenvalue weighted by Crippen LogP contribution is 2.15. The van der Waals surface area contributed by atoms with E-state index in [9.17, 15) is 9.59 Å². The van der Waals surface area contributed by atoms with Gasteiger partial charge in [-0.1, -0.05) is 12.1 Å². The van der Waals surface area contributed by atoms with Crippen LogP contribution < -0.4 is 10.6 Å². The molecule has 1 aromatic heterocycles. The highest BCUT2D eigenvalue weighted by molar-refractivity contribution is 6.01. The van der Waals surface area contributed by atoms with Crippen molar-refractivity contribution in [1.82, 2.24) is 9.78 Å². The number of Topliss-reactive ketones (excluding diaryl/α,β-unsaturated/α-hetero) is 1. The molecule has 1 aromatic carbocycles. The van der Waals surface area contributed by atoms with Crippen LogP contribution in [0, 0.1) is 0 Å². The van der Waals surface area contributed by atoms with Crippen molar-refractivity contribution in [3.8, 4) is 0 Å². The summed E-state index contributed by atoms with van der Waals surface area (Å²) >= 11 is 0. The predicted octanol–water partition coefficient (Wildman–Crippen LogP) is 3.31. The van der Waals surface area contributed by atoms with E-state index in [0.29, 0.717) is 17.1 Å². The lowest BCUT2D eigenvalue weighted by Gasteiger charge is -2.12. The molecule has 0 aliphatic rings. The topological polar surface area (TPSA) is 76.0 Å². The van der Waals surface area contributed by atoms with Gasteiger partial charge in [0.25, 0.3) is 0 Å². The molecular formula is C15H18N4O2. The number of hydrogen-bond acceptors (Lipinski definition) is 3. The van der Waals surface area contributed by atoms with Crippen LogP contribution >= 0.6 is 0 Å². The van der Waals surface area contributed by atoms with Crippen molar-refractivity contribution < 1.29 is 9.59 Å². The van der Waals surface area contributed by atoms with Crippen LogP contribution in [0.2, 0.25) is 0 Å². The van der Waals surface area contributed by atoms with Crippen LogP contribution in [-0.2, 0) is 0 Å². The molecule has 0 spiro atoms. The van der Waals surface area contributed by atoms with Gasteiger partial charge in [-0.05, 0) is 32.9 Å². The Balaban J connectivity index is 2.06. The Hall–Kier alpha value is -2.63. The van der Waals surface area contributed by atoms with Gasteiger partial charge in [0, 0.05) is 23.4 Å². The van der Waals surface area contributed by atoms with Crippen LogP contribution in [-0.4, -0.2) is 21.6 Å². The van der Waals surface area contributed by atoms with Crippen LogP contribution in [0.25, 0.3) is 0 Å². The van der Waals surface area contributed by atoms with Gasteiger partial charge < -0.3 is 5.32 Å². The Labute approximate surface area is 123 Å². The Morgan fingerprint density at radius 3 is 2.62 bits per heavy atom. The Kier molecular flexibility index (Phi) is 4.37. The molecule has 0 aliphatic heterocycles. The molecule has 0 radical (unpaired) electrons. The summed E-state index contributed by atoms with van der Waals surface area (Å²) in [5.41, 5.74) is 1.12. The van der Waals surface area contributed by atoms with E-state index in [0.717, 1.165) is 0 Å². The van der Waals surface area contributed by atoms with E-state index in [1.54, 1.807) is 41.2 Å². The first-order chi connectivity index (χ1) is 9.97. The van der Waals surface area contributed by atoms with Gasteiger partial charge in [-0.3, -0.25) is 10.1 Å². The fourth-order valence-corrected chi connectivity index (χ4v) is 1.92. The van der Waals surface area contributed by atoms with Crippen molar-refractivity contribution in [1.29, 1.82) is 0 Å². The lowest BCUT2D eigenvalue weighted by Crippen LogP contribution is -2.22. The molecule has 1 heterocycles. The van der Waals surface area contributed by atoms with Gasteiger partial charge >= 0.3 is 6.03 Å². The Bertz CT molecular complexity index is 661. The number of carbonyl (C=O) groups excluding carboxylic acids is 2. The lowest BCUT2D eigenvalue weighted by molar-refractivity contribution is 0.101. The summed E-state index contributed by atoms with van der Waals surface area (Å²) in [6.45, 7) is 5.44. The number of nitrogens with one attached hydrogen (secondary N) is 2. The monoisotopic (exact) mass is 286 g/mol. The molecule has 6 heteroatoms. The van der Waals surface area contributed by atoms with Crippen molar-refractivity contribution in [2.75, 3.05) is 10.6 Å². The number of anilines is 2. The van der Waals surface area contributed by atoms with Gasteiger partial charge in [0.2, 0.25) is 0 Å². The van der Waals surface area contributed by atoms with Crippen molar-refractivity contribution in [3.63, 3.8) is 0 Å². The average molecular weight is 286 g/mol. The second-order valence-electron chi connectivity index (χ2n) is 4.97. The number of ketones is 1. The number of carbonyl (C=O) groups is 2. The maximum Gasteiger partial charge on any atom is 0.324 e. The zero-order valence-electron chi connectivity index (χ0n) is 12.3. The zero-order chi connectivity index (χ0) is 15.4. The van der Waals surface area contributed by atoms with Crippen molar-refractivity contribution in [3.05, 3.63) is 42.1 Å². The fraction of sp³-hybridized carbons (Fsp3) is 0.267. The SMILES string of the molecule is CC(=O)c1cccc(NC(=O)Nc2ccnn2C(C)C)c1. The minimum atomic E-state index is -0.377. The van der Waals surface area contributed by atoms with Crippen LogP contribution in [0.1, 0.15) is 37.2 Å². The highest BCUT2D eigenvalue weighted by Gasteiger charge is 2.10. The molecule has 2 rings (SSSR count). The van der Waals surface area contributed by atoms with Gasteiger partial charge in [-0.2, -0.15) is 5.10 Å². The predicted molar refractivity (Wildman–Crippen MR) is 81.7 cm³/mol. The smallest absolute Gasteiger partial charge is 0.308 e. The molecule has 0 unspecified atom stereocenters. The van der Waals surface area contributed by atoms with Crippen LogP contribution in [0.5, 0.6) is 0 Å². The van der Waals surface area contributed by atoms with Crippen LogP contribution in [0.3, 0.4) is 0 Å². The molecule has 0 bridgehead atoms. The van der Waals surface area contributed by atoms with E-state index in [2.05, 4.69) is 15.7 Å². The number of amides is 2. The lowest BCUT2D eigenvalue weighted by atomic mass is 10.1. The maximum atomic E-state index is 12.0. The first kappa shape index (κ1) is 14.8. The van der Waals surface area contributed by atoms with E-state index in [1.807, 2.05) is 13.8 Å². The van der Waals surface area contributed by atoms with Gasteiger partial charge in [0.1, 0.15) is 5.82 Å². The van der Waals surface area contributed by atoms with E-state index in [1.165, 1.54) is 6.92 Å². The average Bonchev–Trinajstić information content (AvgIpc) is 2.87. The number of benzene rings is 1. The molecule has 0 fully saturated rings. The largest absolute Gasteiger partial charge is 0.324 e. The molecule has 2 aromatic rings. The summed E-state index contributed by atoms with van der Waals surface area (Å²) in [6, 6.07) is 8.30. The van der Waals surface area contributed by atoms with Gasteiger partial charge in [-0.25, -0.2) is 9.48 Å². The third kappa shape index (κ3) is 3.68. The molecule has 2 amide bonds. The summed E-state index contributed by atoms with van der Waals surface area (Å²) < 4.78 is 1.71. The second-order valence-corrected chi connectivity index (χ2v) is 4.97. The number of nitrogens with zero attached hydrogens (tertiary/aromatic N) is 2. The molecule has 0 saturated heterocycles. The van der Waals surface area contributed by atoms with E-state index >= 15 is 0 Å². The first-order valence-electron chi connectivity index (χ1n) is 6.70. The standard InChI is InChI=1S/C15H18N4O2/c1-10(2)19-14(7-8-16-19)18-15(21)17-13-6-4-5-12(9-13)11(3)20/h4-10H,1-3H3,(H2,17,18,21). The number of aromatic nitrogens is 2. The molecular weight excluding hydrogens is 268 g/mol. The molecule has 21 heavy (non-hydrogen) atoms. The van der Waals surface area contributed by atoms with E-state index < -0.39 is 0 Å². The summed E-state index contributed by atoms with van der Waals surface area (Å²) in [4.78, 5) is 23.3. The summed E-state index contributed by atoms with van der Waals surface area (Å²) in [7, 11) is 0. The zero-order valence-corrected chi connectivity index (χ0v) is 12.3. The molecule has 0 aliphatic carbocycles. The van der Waals surface area contributed by atoms with Gasteiger partial charge in [0.05, 0.1) is 6.20 Å². The van der Waals surface area contributed by atoms with Gasteiger partial charge in [0.15, 0.2) is 5.78 Å². The normalized spacial score (nSPS) is 10.5. The van der Waals surface area contributed by atoms with Crippen molar-refractivity contribution in [2.45, 2.75) is 26.8 Å². The van der Waals surface area contributed by atoms with Crippen molar-refractivity contribution in [2.24, 2.45) is 0 Å². The third-order valence-electron chi connectivity index (χ3n) is 2.93. The molecule has 0 saturated carbocycles. The molecule has 2 N–H and O–H groups in total. The van der Waals surface area contributed by atoms with E-state index in [4.69, 9.17) is 0 Å². The molecule has 110 valence electrons. The van der Waals surface area contributed by atoms with Crippen LogP contribution in [0.15, 0.2) is 36.5 Å². The highest BCUT2D eigenvalue weighted by atomic mass is 16.2. The van der Waals surface area contributed by atoms with Crippen molar-refractivity contribution >= 4 is 23.3 Å². The quantitative estimate of drug-likeness (QED) is 0.847. The number of hydrogen-bond donors (Lipinski definition) is 2. The minimum Gasteiger partial charge on any atom is -0.308 e. The molecule has 6 nitrogen and oxygen atoms in total. The number of urea groups is 1. The Morgan fingerprint density at radius 2 is 1.95 bits per heavy atom. The third-order valence-corrected chi connectivity index (χ3v) is 2.93. The Morgan fingerprint density at radius 1 is 1.19 bits per heavy atom. The number of rotatable bonds is 4. The van der Waals surface area contributed by atoms with E-state index in [-0.39, 0.29) is 17.9 Å². The first-order valence-corrected chi connectivity index (χ1v) is 6.70. The summed E-state index contributed by atoms with van der Waals surface area (Å²) in [5, 5.41) is 9.58. The summed E-state index contributed by atoms with van der Waals surface area (Å²) in [5.74, 6) is 0.571. The minimum absolute atomic E-state index is 0.0445. The molecule has 0 atom stereocenters. The van der Waals surface area contributed by atoms with Crippen LogP contribution in [0.4, 0.5) is 16.3 Å². The summed E-state index contributed by atoms with van der Waals surface area (Å²) in [6.07, 6.45) is 1.63. The maximum absolute atomic E-state index is 12.0.